The first-order valence-electron chi connectivity index (χ1n) is 5.95. The molecule has 1 fully saturated rings. The van der Waals surface area contributed by atoms with Crippen LogP contribution in [0.2, 0.25) is 0 Å². The normalized spacial score (nSPS) is 17.6. The molecule has 2 rings (SSSR count). The summed E-state index contributed by atoms with van der Waals surface area (Å²) in [5, 5.41) is 9.34. The molecule has 1 saturated carbocycles. The van der Waals surface area contributed by atoms with Gasteiger partial charge < -0.3 is 5.11 Å². The monoisotopic (exact) mass is 250 g/mol. The molecular weight excluding hydrogens is 232 g/mol. The van der Waals surface area contributed by atoms with Gasteiger partial charge >= 0.3 is 5.97 Å². The Morgan fingerprint density at radius 1 is 1.24 bits per heavy atom. The van der Waals surface area contributed by atoms with Crippen LogP contribution in [0.15, 0.2) is 17.0 Å². The summed E-state index contributed by atoms with van der Waals surface area (Å²) < 4.78 is -0.563. The number of thioether (sulfide) groups is 1. The zero-order valence-electron chi connectivity index (χ0n) is 10.5. The predicted octanol–water partition coefficient (Wildman–Crippen LogP) is 3.71. The first-order chi connectivity index (χ1) is 7.96. The largest absolute Gasteiger partial charge is 0.480 e. The molecule has 0 amide bonds. The molecule has 0 unspecified atom stereocenters. The van der Waals surface area contributed by atoms with E-state index in [4.69, 9.17) is 0 Å². The average Bonchev–Trinajstić information content (AvgIpc) is 2.22. The molecule has 1 aromatic rings. The van der Waals surface area contributed by atoms with Crippen molar-refractivity contribution in [2.75, 3.05) is 0 Å². The smallest absolute Gasteiger partial charge is 0.320 e. The second kappa shape index (κ2) is 4.37. The number of aliphatic carboxylic acids is 1. The second-order valence-corrected chi connectivity index (χ2v) is 6.31. The van der Waals surface area contributed by atoms with Crippen molar-refractivity contribution in [2.45, 2.75) is 49.7 Å². The van der Waals surface area contributed by atoms with Gasteiger partial charge in [0.2, 0.25) is 0 Å². The highest BCUT2D eigenvalue weighted by Gasteiger charge is 2.45. The van der Waals surface area contributed by atoms with Gasteiger partial charge in [-0.05, 0) is 62.8 Å². The Kier molecular flexibility index (Phi) is 3.21. The molecule has 0 spiro atoms. The number of hydrogen-bond donors (Lipinski definition) is 1. The summed E-state index contributed by atoms with van der Waals surface area (Å²) >= 11 is 1.54. The van der Waals surface area contributed by atoms with Crippen molar-refractivity contribution in [3.05, 3.63) is 28.8 Å². The summed E-state index contributed by atoms with van der Waals surface area (Å²) in [4.78, 5) is 12.5. The Labute approximate surface area is 106 Å². The van der Waals surface area contributed by atoms with Crippen molar-refractivity contribution < 1.29 is 9.90 Å². The van der Waals surface area contributed by atoms with Crippen LogP contribution in [0.25, 0.3) is 0 Å². The number of rotatable bonds is 3. The summed E-state index contributed by atoms with van der Waals surface area (Å²) in [6.07, 6.45) is 2.61. The average molecular weight is 250 g/mol. The van der Waals surface area contributed by atoms with Crippen LogP contribution in [0.4, 0.5) is 0 Å². The second-order valence-electron chi connectivity index (χ2n) is 4.89. The Balaban J connectivity index is 2.30. The molecule has 3 heteroatoms. The lowest BCUT2D eigenvalue weighted by molar-refractivity contribution is -0.142. The van der Waals surface area contributed by atoms with Crippen LogP contribution in [-0.2, 0) is 4.79 Å². The number of aryl methyl sites for hydroxylation is 1. The standard InChI is InChI=1S/C14H18O2S/c1-9-5-6-12(11(3)10(9)2)17-14(13(15)16)7-4-8-14/h5-6H,4,7-8H2,1-3H3,(H,15,16). The van der Waals surface area contributed by atoms with Gasteiger partial charge in [-0.3, -0.25) is 4.79 Å². The zero-order valence-corrected chi connectivity index (χ0v) is 11.4. The molecule has 1 N–H and O–H groups in total. The molecule has 92 valence electrons. The van der Waals surface area contributed by atoms with Crippen LogP contribution in [0.1, 0.15) is 36.0 Å². The van der Waals surface area contributed by atoms with Crippen LogP contribution in [0.5, 0.6) is 0 Å². The van der Waals surface area contributed by atoms with Crippen LogP contribution in [0, 0.1) is 20.8 Å². The van der Waals surface area contributed by atoms with E-state index in [9.17, 15) is 9.90 Å². The fraction of sp³-hybridized carbons (Fsp3) is 0.500. The topological polar surface area (TPSA) is 37.3 Å². The molecule has 2 nitrogen and oxygen atoms in total. The van der Waals surface area contributed by atoms with Gasteiger partial charge in [0.1, 0.15) is 4.75 Å². The van der Waals surface area contributed by atoms with Crippen molar-refractivity contribution in [1.29, 1.82) is 0 Å². The van der Waals surface area contributed by atoms with Crippen molar-refractivity contribution >= 4 is 17.7 Å². The molecule has 0 bridgehead atoms. The van der Waals surface area contributed by atoms with Gasteiger partial charge in [-0.2, -0.15) is 0 Å². The van der Waals surface area contributed by atoms with E-state index >= 15 is 0 Å². The van der Waals surface area contributed by atoms with Crippen molar-refractivity contribution in [2.24, 2.45) is 0 Å². The third-order valence-corrected chi connectivity index (χ3v) is 5.50. The molecule has 0 atom stereocenters. The first-order valence-corrected chi connectivity index (χ1v) is 6.77. The Bertz CT molecular complexity index is 462. The third-order valence-electron chi connectivity index (χ3n) is 3.86. The van der Waals surface area contributed by atoms with Gasteiger partial charge in [0, 0.05) is 4.90 Å². The van der Waals surface area contributed by atoms with E-state index in [1.54, 1.807) is 0 Å². The lowest BCUT2D eigenvalue weighted by atomic mass is 9.84. The van der Waals surface area contributed by atoms with Crippen LogP contribution >= 0.6 is 11.8 Å². The molecule has 0 radical (unpaired) electrons. The number of carbonyl (C=O) groups is 1. The maximum Gasteiger partial charge on any atom is 0.320 e. The first kappa shape index (κ1) is 12.5. The van der Waals surface area contributed by atoms with Crippen molar-refractivity contribution in [3.63, 3.8) is 0 Å². The van der Waals surface area contributed by atoms with E-state index in [2.05, 4.69) is 32.9 Å². The fourth-order valence-electron chi connectivity index (χ4n) is 2.11. The highest BCUT2D eigenvalue weighted by Crippen LogP contribution is 2.48. The van der Waals surface area contributed by atoms with Crippen molar-refractivity contribution in [1.82, 2.24) is 0 Å². The van der Waals surface area contributed by atoms with Gasteiger partial charge in [-0.25, -0.2) is 0 Å². The summed E-state index contributed by atoms with van der Waals surface area (Å²) in [7, 11) is 0. The Hall–Kier alpha value is -0.960. The third kappa shape index (κ3) is 2.08. The minimum absolute atomic E-state index is 0.563. The lowest BCUT2D eigenvalue weighted by Crippen LogP contribution is -2.41. The van der Waals surface area contributed by atoms with Crippen LogP contribution in [-0.4, -0.2) is 15.8 Å². The Morgan fingerprint density at radius 3 is 2.35 bits per heavy atom. The van der Waals surface area contributed by atoms with E-state index in [1.165, 1.54) is 28.5 Å². The maximum absolute atomic E-state index is 11.4. The van der Waals surface area contributed by atoms with Gasteiger partial charge in [-0.1, -0.05) is 6.07 Å². The van der Waals surface area contributed by atoms with E-state index in [1.807, 2.05) is 0 Å². The minimum atomic E-state index is -0.661. The summed E-state index contributed by atoms with van der Waals surface area (Å²) in [5.74, 6) is -0.661. The zero-order chi connectivity index (χ0) is 12.6. The maximum atomic E-state index is 11.4. The van der Waals surface area contributed by atoms with Gasteiger partial charge in [0.25, 0.3) is 0 Å². The number of hydrogen-bond acceptors (Lipinski definition) is 2. The molecule has 1 aliphatic carbocycles. The molecule has 1 aliphatic rings. The van der Waals surface area contributed by atoms with Gasteiger partial charge in [-0.15, -0.1) is 11.8 Å². The van der Waals surface area contributed by atoms with Gasteiger partial charge in [0.05, 0.1) is 0 Å². The lowest BCUT2D eigenvalue weighted by Gasteiger charge is -2.37. The number of carboxylic acid groups (broad SMARTS) is 1. The highest BCUT2D eigenvalue weighted by molar-refractivity contribution is 8.01. The van der Waals surface area contributed by atoms with Gasteiger partial charge in [0.15, 0.2) is 0 Å². The highest BCUT2D eigenvalue weighted by atomic mass is 32.2. The van der Waals surface area contributed by atoms with E-state index < -0.39 is 10.7 Å². The molecule has 1 aromatic carbocycles. The van der Waals surface area contributed by atoms with Crippen LogP contribution < -0.4 is 0 Å². The van der Waals surface area contributed by atoms with Crippen LogP contribution in [0.3, 0.4) is 0 Å². The quantitative estimate of drug-likeness (QED) is 0.888. The molecule has 0 heterocycles. The summed E-state index contributed by atoms with van der Waals surface area (Å²) in [6.45, 7) is 6.27. The molecule has 17 heavy (non-hydrogen) atoms. The van der Waals surface area contributed by atoms with E-state index in [0.717, 1.165) is 24.2 Å². The minimum Gasteiger partial charge on any atom is -0.480 e. The SMILES string of the molecule is Cc1ccc(SC2(C(=O)O)CCC2)c(C)c1C. The molecule has 0 saturated heterocycles. The summed E-state index contributed by atoms with van der Waals surface area (Å²) in [6, 6.07) is 4.14. The molecule has 0 aromatic heterocycles. The molecule has 0 aliphatic heterocycles. The molecular formula is C14H18O2S. The Morgan fingerprint density at radius 2 is 1.88 bits per heavy atom. The summed E-state index contributed by atoms with van der Waals surface area (Å²) in [5.41, 5.74) is 3.77. The number of benzene rings is 1. The number of carboxylic acids is 1. The van der Waals surface area contributed by atoms with E-state index in [-0.39, 0.29) is 0 Å². The fourth-order valence-corrected chi connectivity index (χ4v) is 3.55. The van der Waals surface area contributed by atoms with Crippen molar-refractivity contribution in [3.8, 4) is 0 Å². The predicted molar refractivity (Wildman–Crippen MR) is 70.7 cm³/mol. The van der Waals surface area contributed by atoms with E-state index in [0.29, 0.717) is 0 Å².